The number of thioether (sulfide) groups is 1. The molecule has 0 saturated carbocycles. The minimum atomic E-state index is -1.16. The van der Waals surface area contributed by atoms with E-state index in [1.54, 1.807) is 18.9 Å². The van der Waals surface area contributed by atoms with Gasteiger partial charge in [-0.05, 0) is 19.8 Å². The Kier molecular flexibility index (Phi) is 7.72. The number of likely N-dealkylation sites (N-methyl/N-ethyl adjacent to an activating group) is 1. The summed E-state index contributed by atoms with van der Waals surface area (Å²) < 4.78 is 0. The van der Waals surface area contributed by atoms with Gasteiger partial charge in [-0.25, -0.2) is 4.79 Å². The summed E-state index contributed by atoms with van der Waals surface area (Å²) in [6.45, 7) is 4.84. The number of carboxylic acid groups (broad SMARTS) is 1. The van der Waals surface area contributed by atoms with E-state index in [1.807, 2.05) is 6.92 Å². The van der Waals surface area contributed by atoms with Gasteiger partial charge in [-0.1, -0.05) is 6.92 Å². The van der Waals surface area contributed by atoms with Crippen LogP contribution in [0, 0.1) is 17.2 Å². The zero-order chi connectivity index (χ0) is 27.2. The molecular weight excluding hydrogens is 502 g/mol. The van der Waals surface area contributed by atoms with Gasteiger partial charge in [-0.15, -0.1) is 11.8 Å². The number of β-lactam (4-membered cyclic amide) rings is 1. The molecule has 0 aliphatic carbocycles. The summed E-state index contributed by atoms with van der Waals surface area (Å²) in [5, 5.41) is 33.3. The Hall–Kier alpha value is -2.84. The van der Waals surface area contributed by atoms with E-state index in [0.29, 0.717) is 37.4 Å². The van der Waals surface area contributed by atoms with E-state index in [0.717, 1.165) is 0 Å². The third-order valence-electron chi connectivity index (χ3n) is 7.65. The zero-order valence-electron chi connectivity index (χ0n) is 21.1. The van der Waals surface area contributed by atoms with E-state index >= 15 is 0 Å². The van der Waals surface area contributed by atoms with Crippen LogP contribution in [-0.2, 0) is 19.2 Å². The molecule has 3 amide bonds. The standard InChI is InChI=1S/C23H35N7O6S/c1-10-17-16(11(2)31)21(34)30(17)18(22(35)36)19(10)37-13-6-14(26-7-13)20(33)29-5-4-12(8-29)27-15(32)9-28(3)23(24)25/h10-14,16-17,26,31H,4-9H2,1-3H3,(H3,24,25)(H,27,32)(H,35,36)/t10?,11?,12?,13?,14?,16?,17-/m1/s1. The molecule has 4 rings (SSSR count). The highest BCUT2D eigenvalue weighted by atomic mass is 32.2. The van der Waals surface area contributed by atoms with Gasteiger partial charge >= 0.3 is 5.97 Å². The Morgan fingerprint density at radius 3 is 2.70 bits per heavy atom. The van der Waals surface area contributed by atoms with Crippen molar-refractivity contribution in [2.45, 2.75) is 56.2 Å². The smallest absolute Gasteiger partial charge is 0.353 e. The zero-order valence-corrected chi connectivity index (χ0v) is 22.0. The van der Waals surface area contributed by atoms with E-state index in [-0.39, 0.29) is 59.2 Å². The lowest BCUT2D eigenvalue weighted by Gasteiger charge is -2.46. The molecule has 14 heteroatoms. The predicted octanol–water partition coefficient (Wildman–Crippen LogP) is -1.85. The normalized spacial score (nSPS) is 31.7. The number of likely N-dealkylation sites (tertiary alicyclic amines) is 1. The fraction of sp³-hybridized carbons (Fsp3) is 0.696. The van der Waals surface area contributed by atoms with Crippen LogP contribution in [0.15, 0.2) is 10.6 Å². The minimum absolute atomic E-state index is 0.00674. The molecule has 204 valence electrons. The Morgan fingerprint density at radius 1 is 1.38 bits per heavy atom. The number of amides is 3. The monoisotopic (exact) mass is 537 g/mol. The SMILES string of the molecule is CC(O)C1C(=O)N2C(C(=O)O)=C(SC3CNC(C(=O)N4CCC(NC(=O)CN(C)C(=N)N)C4)C3)C(C)[C@H]12. The number of carbonyl (C=O) groups is 4. The summed E-state index contributed by atoms with van der Waals surface area (Å²) in [5.74, 6) is -2.86. The number of rotatable bonds is 8. The summed E-state index contributed by atoms with van der Waals surface area (Å²) in [6.07, 6.45) is 0.297. The maximum atomic E-state index is 13.1. The molecular formula is C23H35N7O6S. The third kappa shape index (κ3) is 5.14. The van der Waals surface area contributed by atoms with Gasteiger partial charge < -0.3 is 41.3 Å². The van der Waals surface area contributed by atoms with Crippen LogP contribution in [0.4, 0.5) is 0 Å². The van der Waals surface area contributed by atoms with Crippen molar-refractivity contribution in [3.05, 3.63) is 10.6 Å². The Morgan fingerprint density at radius 2 is 2.08 bits per heavy atom. The molecule has 4 aliphatic heterocycles. The molecule has 3 fully saturated rings. The molecule has 3 saturated heterocycles. The summed E-state index contributed by atoms with van der Waals surface area (Å²) in [6, 6.07) is -0.944. The number of nitrogens with one attached hydrogen (secondary N) is 3. The molecule has 0 spiro atoms. The number of fused-ring (bicyclic) bond motifs is 1. The third-order valence-corrected chi connectivity index (χ3v) is 9.16. The number of aliphatic carboxylic acids is 1. The van der Waals surface area contributed by atoms with Crippen molar-refractivity contribution in [3.8, 4) is 0 Å². The average molecular weight is 538 g/mol. The van der Waals surface area contributed by atoms with E-state index in [9.17, 15) is 29.4 Å². The lowest BCUT2D eigenvalue weighted by molar-refractivity contribution is -0.163. The fourth-order valence-corrected chi connectivity index (χ4v) is 7.19. The first-order valence-electron chi connectivity index (χ1n) is 12.4. The van der Waals surface area contributed by atoms with Gasteiger partial charge in [-0.2, -0.15) is 0 Å². The van der Waals surface area contributed by atoms with Gasteiger partial charge in [0, 0.05) is 48.8 Å². The van der Waals surface area contributed by atoms with Crippen molar-refractivity contribution in [2.24, 2.45) is 17.6 Å². The summed E-state index contributed by atoms with van der Waals surface area (Å²) in [5.41, 5.74) is 5.36. The Labute approximate surface area is 219 Å². The molecule has 37 heavy (non-hydrogen) atoms. The van der Waals surface area contributed by atoms with E-state index in [2.05, 4.69) is 10.6 Å². The number of carbonyl (C=O) groups excluding carboxylic acids is 3. The highest BCUT2D eigenvalue weighted by molar-refractivity contribution is 8.03. The van der Waals surface area contributed by atoms with Crippen LogP contribution in [0.3, 0.4) is 0 Å². The number of guanidine groups is 1. The van der Waals surface area contributed by atoms with Crippen LogP contribution >= 0.6 is 11.8 Å². The highest BCUT2D eigenvalue weighted by Crippen LogP contribution is 2.51. The number of aliphatic hydroxyl groups is 1. The second-order valence-corrected chi connectivity index (χ2v) is 11.6. The van der Waals surface area contributed by atoms with Crippen molar-refractivity contribution >= 4 is 41.4 Å². The maximum Gasteiger partial charge on any atom is 0.353 e. The number of hydrogen-bond acceptors (Lipinski definition) is 8. The predicted molar refractivity (Wildman–Crippen MR) is 135 cm³/mol. The highest BCUT2D eigenvalue weighted by Gasteiger charge is 2.60. The molecule has 0 aromatic rings. The molecule has 4 aliphatic rings. The van der Waals surface area contributed by atoms with Gasteiger partial charge in [0.2, 0.25) is 17.7 Å². The molecule has 6 unspecified atom stereocenters. The number of aliphatic hydroxyl groups excluding tert-OH is 1. The molecule has 0 radical (unpaired) electrons. The first-order chi connectivity index (χ1) is 17.4. The minimum Gasteiger partial charge on any atom is -0.477 e. The number of carboxylic acids is 1. The largest absolute Gasteiger partial charge is 0.477 e. The topological polar surface area (TPSA) is 192 Å². The lowest BCUT2D eigenvalue weighted by Crippen LogP contribution is -2.63. The second-order valence-electron chi connectivity index (χ2n) is 10.3. The number of nitrogens with two attached hydrogens (primary N) is 1. The summed E-state index contributed by atoms with van der Waals surface area (Å²) in [7, 11) is 1.56. The molecule has 0 aromatic carbocycles. The van der Waals surface area contributed by atoms with Crippen molar-refractivity contribution < 1.29 is 29.4 Å². The van der Waals surface area contributed by atoms with Crippen LogP contribution in [-0.4, -0.2) is 117 Å². The van der Waals surface area contributed by atoms with Crippen LogP contribution in [0.2, 0.25) is 0 Å². The Balaban J connectivity index is 1.32. The summed E-state index contributed by atoms with van der Waals surface area (Å²) >= 11 is 1.40. The van der Waals surface area contributed by atoms with Gasteiger partial charge in [0.15, 0.2) is 5.96 Å². The van der Waals surface area contributed by atoms with E-state index in [4.69, 9.17) is 11.1 Å². The second kappa shape index (κ2) is 10.5. The van der Waals surface area contributed by atoms with Crippen LogP contribution in [0.1, 0.15) is 26.7 Å². The van der Waals surface area contributed by atoms with Gasteiger partial charge in [0.25, 0.3) is 0 Å². The van der Waals surface area contributed by atoms with Crippen molar-refractivity contribution in [1.29, 1.82) is 5.41 Å². The molecule has 4 heterocycles. The first-order valence-corrected chi connectivity index (χ1v) is 13.3. The van der Waals surface area contributed by atoms with Crippen molar-refractivity contribution in [3.63, 3.8) is 0 Å². The number of nitrogens with zero attached hydrogens (tertiary/aromatic N) is 3. The molecule has 7 atom stereocenters. The molecule has 0 bridgehead atoms. The van der Waals surface area contributed by atoms with Gasteiger partial charge in [-0.3, -0.25) is 19.8 Å². The van der Waals surface area contributed by atoms with Crippen molar-refractivity contribution in [1.82, 2.24) is 25.3 Å². The quantitative estimate of drug-likeness (QED) is 0.116. The summed E-state index contributed by atoms with van der Waals surface area (Å²) in [4.78, 5) is 54.9. The number of hydrogen-bond donors (Lipinski definition) is 6. The van der Waals surface area contributed by atoms with Gasteiger partial charge in [0.05, 0.1) is 30.7 Å². The molecule has 0 aromatic heterocycles. The van der Waals surface area contributed by atoms with Crippen LogP contribution in [0.5, 0.6) is 0 Å². The fourth-order valence-electron chi connectivity index (χ4n) is 5.71. The Bertz CT molecular complexity index is 1040. The first kappa shape index (κ1) is 27.2. The van der Waals surface area contributed by atoms with E-state index < -0.39 is 24.0 Å². The average Bonchev–Trinajstić information content (AvgIpc) is 3.52. The molecule has 13 nitrogen and oxygen atoms in total. The molecule has 7 N–H and O–H groups in total. The van der Waals surface area contributed by atoms with Crippen LogP contribution < -0.4 is 16.4 Å². The van der Waals surface area contributed by atoms with Gasteiger partial charge in [0.1, 0.15) is 5.70 Å². The van der Waals surface area contributed by atoms with E-state index in [1.165, 1.54) is 21.6 Å². The van der Waals surface area contributed by atoms with Crippen molar-refractivity contribution in [2.75, 3.05) is 33.2 Å². The lowest BCUT2D eigenvalue weighted by atomic mass is 9.79. The van der Waals surface area contributed by atoms with Crippen LogP contribution in [0.25, 0.3) is 0 Å². The maximum absolute atomic E-state index is 13.1.